The molecule has 100 valence electrons. The molecule has 0 aromatic carbocycles. The van der Waals surface area contributed by atoms with Gasteiger partial charge in [-0.1, -0.05) is 13.8 Å². The van der Waals surface area contributed by atoms with Crippen LogP contribution in [0.2, 0.25) is 0 Å². The van der Waals surface area contributed by atoms with E-state index in [2.05, 4.69) is 20.5 Å². The van der Waals surface area contributed by atoms with Gasteiger partial charge in [0.15, 0.2) is 5.82 Å². The van der Waals surface area contributed by atoms with Crippen molar-refractivity contribution < 1.29 is 4.79 Å². The van der Waals surface area contributed by atoms with Crippen LogP contribution in [0.5, 0.6) is 0 Å². The molecule has 2 aromatic rings. The van der Waals surface area contributed by atoms with Crippen LogP contribution in [0.3, 0.4) is 0 Å². The lowest BCUT2D eigenvalue weighted by molar-refractivity contribution is 0.102. The Morgan fingerprint density at radius 2 is 2.05 bits per heavy atom. The van der Waals surface area contributed by atoms with Gasteiger partial charge in [0.25, 0.3) is 5.91 Å². The normalized spacial score (nSPS) is 10.7. The van der Waals surface area contributed by atoms with Crippen molar-refractivity contribution in [1.29, 1.82) is 0 Å². The van der Waals surface area contributed by atoms with E-state index in [1.54, 1.807) is 12.1 Å². The van der Waals surface area contributed by atoms with Crippen LogP contribution in [0.1, 0.15) is 41.5 Å². The number of hydrogen-bond acceptors (Lipinski definition) is 3. The van der Waals surface area contributed by atoms with Crippen LogP contribution < -0.4 is 10.9 Å². The van der Waals surface area contributed by atoms with Crippen LogP contribution in [0, 0.1) is 6.92 Å². The molecule has 1 amide bonds. The van der Waals surface area contributed by atoms with Gasteiger partial charge in [-0.05, 0) is 18.9 Å². The third kappa shape index (κ3) is 3.09. The van der Waals surface area contributed by atoms with Gasteiger partial charge in [-0.15, -0.1) is 0 Å². The Morgan fingerprint density at radius 1 is 1.32 bits per heavy atom. The molecule has 0 bridgehead atoms. The second-order valence-corrected chi connectivity index (χ2v) is 4.73. The van der Waals surface area contributed by atoms with Crippen molar-refractivity contribution in [2.24, 2.45) is 0 Å². The number of H-pyrrole nitrogens is 2. The average molecular weight is 260 g/mol. The molecule has 0 fully saturated rings. The molecule has 0 radical (unpaired) electrons. The van der Waals surface area contributed by atoms with Crippen LogP contribution in [-0.4, -0.2) is 21.1 Å². The van der Waals surface area contributed by atoms with E-state index in [0.717, 1.165) is 11.4 Å². The van der Waals surface area contributed by atoms with E-state index in [0.29, 0.717) is 11.4 Å². The first kappa shape index (κ1) is 13.1. The third-order valence-corrected chi connectivity index (χ3v) is 2.70. The van der Waals surface area contributed by atoms with Crippen LogP contribution in [0.25, 0.3) is 0 Å². The number of rotatable bonds is 3. The zero-order valence-corrected chi connectivity index (χ0v) is 11.1. The minimum Gasteiger partial charge on any atom is -0.326 e. The lowest BCUT2D eigenvalue weighted by Gasteiger charge is -2.07. The minimum absolute atomic E-state index is 0.146. The lowest BCUT2D eigenvalue weighted by Crippen LogP contribution is -2.18. The Labute approximate surface area is 110 Å². The molecule has 3 N–H and O–H groups in total. The van der Waals surface area contributed by atoms with E-state index in [1.165, 1.54) is 6.07 Å². The van der Waals surface area contributed by atoms with Gasteiger partial charge in [-0.3, -0.25) is 14.7 Å². The molecular weight excluding hydrogens is 244 g/mol. The highest BCUT2D eigenvalue weighted by atomic mass is 16.2. The molecule has 2 heterocycles. The molecule has 0 unspecified atom stereocenters. The third-order valence-electron chi connectivity index (χ3n) is 2.70. The minimum atomic E-state index is -0.348. The summed E-state index contributed by atoms with van der Waals surface area (Å²) >= 11 is 0. The number of amides is 1. The van der Waals surface area contributed by atoms with Gasteiger partial charge < -0.3 is 10.3 Å². The largest absolute Gasteiger partial charge is 0.326 e. The van der Waals surface area contributed by atoms with Crippen molar-refractivity contribution in [2.45, 2.75) is 26.7 Å². The summed E-state index contributed by atoms with van der Waals surface area (Å²) in [5.74, 6) is 0.237. The summed E-state index contributed by atoms with van der Waals surface area (Å²) in [5, 5.41) is 9.29. The van der Waals surface area contributed by atoms with Crippen molar-refractivity contribution >= 4 is 11.7 Å². The molecule has 0 aliphatic carbocycles. The lowest BCUT2D eigenvalue weighted by atomic mass is 10.1. The summed E-state index contributed by atoms with van der Waals surface area (Å²) in [6.45, 7) is 5.74. The van der Waals surface area contributed by atoms with E-state index in [4.69, 9.17) is 0 Å². The molecule has 6 heteroatoms. The van der Waals surface area contributed by atoms with E-state index in [1.807, 2.05) is 20.8 Å². The standard InChI is InChI=1S/C13H16N4O2/c1-7(2)10-5-9(6-12(18)14-10)13(19)15-11-4-8(3)16-17-11/h4-7H,1-3H3,(H,14,18)(H2,15,16,17,19). The number of aromatic nitrogens is 3. The number of pyridine rings is 1. The SMILES string of the molecule is Cc1cc(NC(=O)c2cc(C(C)C)[nH]c(=O)c2)n[nH]1. The number of anilines is 1. The number of carbonyl (C=O) groups is 1. The zero-order valence-electron chi connectivity index (χ0n) is 11.1. The smallest absolute Gasteiger partial charge is 0.257 e. The molecule has 0 atom stereocenters. The van der Waals surface area contributed by atoms with E-state index < -0.39 is 0 Å². The molecule has 0 aliphatic heterocycles. The highest BCUT2D eigenvalue weighted by Gasteiger charge is 2.11. The van der Waals surface area contributed by atoms with Gasteiger partial charge in [0.05, 0.1) is 0 Å². The van der Waals surface area contributed by atoms with Crippen molar-refractivity contribution in [3.05, 3.63) is 45.5 Å². The highest BCUT2D eigenvalue weighted by molar-refractivity contribution is 6.03. The summed E-state index contributed by atoms with van der Waals surface area (Å²) in [6, 6.07) is 4.68. The number of hydrogen-bond donors (Lipinski definition) is 3. The first-order valence-corrected chi connectivity index (χ1v) is 6.03. The van der Waals surface area contributed by atoms with Crippen molar-refractivity contribution in [3.63, 3.8) is 0 Å². The Kier molecular flexibility index (Phi) is 3.50. The van der Waals surface area contributed by atoms with Gasteiger partial charge in [-0.2, -0.15) is 5.10 Å². The molecular formula is C13H16N4O2. The molecule has 0 spiro atoms. The van der Waals surface area contributed by atoms with E-state index in [9.17, 15) is 9.59 Å². The monoisotopic (exact) mass is 260 g/mol. The molecule has 0 aliphatic rings. The van der Waals surface area contributed by atoms with Gasteiger partial charge >= 0.3 is 0 Å². The van der Waals surface area contributed by atoms with Gasteiger partial charge in [0.1, 0.15) is 0 Å². The number of aromatic amines is 2. The van der Waals surface area contributed by atoms with Crippen molar-refractivity contribution in [2.75, 3.05) is 5.32 Å². The predicted molar refractivity (Wildman–Crippen MR) is 72.4 cm³/mol. The predicted octanol–water partition coefficient (Wildman–Crippen LogP) is 1.78. The molecule has 6 nitrogen and oxygen atoms in total. The molecule has 2 rings (SSSR count). The fourth-order valence-electron chi connectivity index (χ4n) is 1.68. The summed E-state index contributed by atoms with van der Waals surface area (Å²) < 4.78 is 0. The highest BCUT2D eigenvalue weighted by Crippen LogP contribution is 2.12. The fourth-order valence-corrected chi connectivity index (χ4v) is 1.68. The Morgan fingerprint density at radius 3 is 2.63 bits per heavy atom. The van der Waals surface area contributed by atoms with Gasteiger partial charge in [0.2, 0.25) is 5.56 Å². The molecule has 2 aromatic heterocycles. The average Bonchev–Trinajstić information content (AvgIpc) is 2.73. The zero-order chi connectivity index (χ0) is 14.0. The summed E-state index contributed by atoms with van der Waals surface area (Å²) in [4.78, 5) is 26.3. The maximum atomic E-state index is 12.0. The van der Waals surface area contributed by atoms with Crippen LogP contribution in [0.15, 0.2) is 23.0 Å². The number of nitrogens with zero attached hydrogens (tertiary/aromatic N) is 1. The van der Waals surface area contributed by atoms with Crippen molar-refractivity contribution in [1.82, 2.24) is 15.2 Å². The maximum Gasteiger partial charge on any atom is 0.257 e. The number of carbonyl (C=O) groups excluding carboxylic acids is 1. The summed E-state index contributed by atoms with van der Waals surface area (Å²) in [6.07, 6.45) is 0. The topological polar surface area (TPSA) is 90.6 Å². The van der Waals surface area contributed by atoms with Crippen LogP contribution in [-0.2, 0) is 0 Å². The molecule has 0 saturated heterocycles. The van der Waals surface area contributed by atoms with Crippen LogP contribution in [0.4, 0.5) is 5.82 Å². The number of aryl methyl sites for hydroxylation is 1. The van der Waals surface area contributed by atoms with Gasteiger partial charge in [-0.25, -0.2) is 0 Å². The second-order valence-electron chi connectivity index (χ2n) is 4.73. The Bertz CT molecular complexity index is 655. The van der Waals surface area contributed by atoms with E-state index >= 15 is 0 Å². The molecule has 19 heavy (non-hydrogen) atoms. The first-order chi connectivity index (χ1) is 8.95. The number of nitrogens with one attached hydrogen (secondary N) is 3. The van der Waals surface area contributed by atoms with E-state index in [-0.39, 0.29) is 17.4 Å². The first-order valence-electron chi connectivity index (χ1n) is 6.03. The summed E-state index contributed by atoms with van der Waals surface area (Å²) in [7, 11) is 0. The Balaban J connectivity index is 2.26. The maximum absolute atomic E-state index is 12.0. The van der Waals surface area contributed by atoms with Gasteiger partial charge in [0, 0.05) is 29.1 Å². The van der Waals surface area contributed by atoms with Crippen LogP contribution >= 0.6 is 0 Å². The second kappa shape index (κ2) is 5.09. The fraction of sp³-hybridized carbons (Fsp3) is 0.308. The quantitative estimate of drug-likeness (QED) is 0.785. The molecule has 0 saturated carbocycles. The summed E-state index contributed by atoms with van der Waals surface area (Å²) in [5.41, 5.74) is 1.63. The Hall–Kier alpha value is -2.37. The van der Waals surface area contributed by atoms with Crippen molar-refractivity contribution in [3.8, 4) is 0 Å².